The number of methoxy groups -OCH3 is 1. The maximum Gasteiger partial charge on any atom is 0.222 e. The van der Waals surface area contributed by atoms with E-state index in [4.69, 9.17) is 4.74 Å². The summed E-state index contributed by atoms with van der Waals surface area (Å²) in [6.07, 6.45) is 9.53. The first-order valence-electron chi connectivity index (χ1n) is 9.66. The molecule has 2 saturated heterocycles. The molecule has 0 unspecified atom stereocenters. The molecule has 1 spiro atoms. The van der Waals surface area contributed by atoms with Gasteiger partial charge in [0.2, 0.25) is 11.8 Å². The minimum Gasteiger partial charge on any atom is -0.383 e. The third-order valence-electron chi connectivity index (χ3n) is 6.27. The van der Waals surface area contributed by atoms with Crippen LogP contribution in [-0.2, 0) is 14.3 Å². The summed E-state index contributed by atoms with van der Waals surface area (Å²) in [7, 11) is 1.67. The number of likely N-dealkylation sites (tertiary alicyclic amines) is 2. The molecule has 0 bridgehead atoms. The van der Waals surface area contributed by atoms with Crippen molar-refractivity contribution in [2.45, 2.75) is 57.8 Å². The Hall–Kier alpha value is -1.10. The lowest BCUT2D eigenvalue weighted by Crippen LogP contribution is -2.55. The molecule has 1 atom stereocenters. The Morgan fingerprint density at radius 2 is 2.00 bits per heavy atom. The van der Waals surface area contributed by atoms with Gasteiger partial charge in [-0.25, -0.2) is 0 Å². The molecule has 0 radical (unpaired) electrons. The fourth-order valence-electron chi connectivity index (χ4n) is 4.85. The SMILES string of the molecule is COCCN1C[C@]2(CCCN(C(=O)CC3CCCC3)C2)CCC1=O. The van der Waals surface area contributed by atoms with Crippen molar-refractivity contribution in [2.75, 3.05) is 39.9 Å². The lowest BCUT2D eigenvalue weighted by Gasteiger charge is -2.48. The molecule has 2 heterocycles. The second-order valence-corrected chi connectivity index (χ2v) is 8.08. The zero-order valence-electron chi connectivity index (χ0n) is 15.1. The summed E-state index contributed by atoms with van der Waals surface area (Å²) in [5.74, 6) is 1.20. The maximum atomic E-state index is 12.7. The quantitative estimate of drug-likeness (QED) is 0.775. The van der Waals surface area contributed by atoms with E-state index in [0.29, 0.717) is 31.4 Å². The van der Waals surface area contributed by atoms with E-state index in [2.05, 4.69) is 4.90 Å². The van der Waals surface area contributed by atoms with Crippen LogP contribution in [0.4, 0.5) is 0 Å². The number of piperidine rings is 2. The third kappa shape index (κ3) is 4.11. The normalized spacial score (nSPS) is 28.8. The Bertz CT molecular complexity index is 462. The van der Waals surface area contributed by atoms with Crippen molar-refractivity contribution in [3.8, 4) is 0 Å². The largest absolute Gasteiger partial charge is 0.383 e. The van der Waals surface area contributed by atoms with E-state index in [-0.39, 0.29) is 11.3 Å². The van der Waals surface area contributed by atoms with Gasteiger partial charge in [0.25, 0.3) is 0 Å². The van der Waals surface area contributed by atoms with Crippen LogP contribution in [0.1, 0.15) is 57.8 Å². The smallest absolute Gasteiger partial charge is 0.222 e. The molecule has 5 nitrogen and oxygen atoms in total. The van der Waals surface area contributed by atoms with Crippen LogP contribution in [0.15, 0.2) is 0 Å². The highest BCUT2D eigenvalue weighted by Gasteiger charge is 2.42. The zero-order chi connectivity index (χ0) is 17.0. The van der Waals surface area contributed by atoms with Crippen LogP contribution in [0.5, 0.6) is 0 Å². The average molecular weight is 336 g/mol. The van der Waals surface area contributed by atoms with Crippen molar-refractivity contribution < 1.29 is 14.3 Å². The van der Waals surface area contributed by atoms with E-state index in [1.165, 1.54) is 25.7 Å². The van der Waals surface area contributed by atoms with E-state index in [9.17, 15) is 9.59 Å². The van der Waals surface area contributed by atoms with Gasteiger partial charge in [-0.15, -0.1) is 0 Å². The highest BCUT2D eigenvalue weighted by molar-refractivity contribution is 5.78. The van der Waals surface area contributed by atoms with E-state index in [1.807, 2.05) is 4.90 Å². The molecule has 2 aliphatic heterocycles. The molecule has 3 fully saturated rings. The van der Waals surface area contributed by atoms with Gasteiger partial charge in [0.1, 0.15) is 0 Å². The number of rotatable bonds is 5. The zero-order valence-corrected chi connectivity index (χ0v) is 15.1. The molecule has 3 aliphatic rings. The molecule has 1 aliphatic carbocycles. The summed E-state index contributed by atoms with van der Waals surface area (Å²) in [5.41, 5.74) is 0.116. The first-order chi connectivity index (χ1) is 11.6. The van der Waals surface area contributed by atoms with E-state index < -0.39 is 0 Å². The molecular weight excluding hydrogens is 304 g/mol. The number of hydrogen-bond donors (Lipinski definition) is 0. The molecule has 5 heteroatoms. The van der Waals surface area contributed by atoms with Gasteiger partial charge in [0.15, 0.2) is 0 Å². The Labute approximate surface area is 145 Å². The molecule has 24 heavy (non-hydrogen) atoms. The van der Waals surface area contributed by atoms with Gasteiger partial charge in [-0.3, -0.25) is 9.59 Å². The minimum atomic E-state index is 0.116. The van der Waals surface area contributed by atoms with Gasteiger partial charge in [0.05, 0.1) is 6.61 Å². The molecule has 136 valence electrons. The van der Waals surface area contributed by atoms with Crippen molar-refractivity contribution >= 4 is 11.8 Å². The van der Waals surface area contributed by atoms with Crippen LogP contribution in [0.3, 0.4) is 0 Å². The predicted octanol–water partition coefficient (Wildman–Crippen LogP) is 2.44. The number of amides is 2. The average Bonchev–Trinajstić information content (AvgIpc) is 3.09. The fourth-order valence-corrected chi connectivity index (χ4v) is 4.85. The molecular formula is C19H32N2O3. The van der Waals surface area contributed by atoms with Crippen molar-refractivity contribution in [1.29, 1.82) is 0 Å². The maximum absolute atomic E-state index is 12.7. The molecule has 0 N–H and O–H groups in total. The Kier molecular flexibility index (Phi) is 5.80. The summed E-state index contributed by atoms with van der Waals surface area (Å²) < 4.78 is 5.14. The molecule has 1 saturated carbocycles. The monoisotopic (exact) mass is 336 g/mol. The standard InChI is InChI=1S/C19H32N2O3/c1-24-12-11-21-15-19(9-7-17(21)22)8-4-10-20(14-19)18(23)13-16-5-2-3-6-16/h16H,2-15H2,1H3/t19-/m1/s1. The second-order valence-electron chi connectivity index (χ2n) is 8.08. The molecule has 0 aromatic rings. The van der Waals surface area contributed by atoms with Crippen LogP contribution in [-0.4, -0.2) is 61.5 Å². The number of carbonyl (C=O) groups is 2. The van der Waals surface area contributed by atoms with Crippen molar-refractivity contribution in [1.82, 2.24) is 9.80 Å². The predicted molar refractivity (Wildman–Crippen MR) is 92.5 cm³/mol. The van der Waals surface area contributed by atoms with Crippen LogP contribution in [0, 0.1) is 11.3 Å². The highest BCUT2D eigenvalue weighted by Crippen LogP contribution is 2.39. The van der Waals surface area contributed by atoms with Gasteiger partial charge in [-0.2, -0.15) is 0 Å². The highest BCUT2D eigenvalue weighted by atomic mass is 16.5. The first kappa shape index (κ1) is 17.7. The number of hydrogen-bond acceptors (Lipinski definition) is 3. The number of nitrogens with zero attached hydrogens (tertiary/aromatic N) is 2. The van der Waals surface area contributed by atoms with Gasteiger partial charge in [-0.1, -0.05) is 12.8 Å². The third-order valence-corrected chi connectivity index (χ3v) is 6.27. The summed E-state index contributed by atoms with van der Waals surface area (Å²) in [6, 6.07) is 0. The number of carbonyl (C=O) groups excluding carboxylic acids is 2. The summed E-state index contributed by atoms with van der Waals surface area (Å²) >= 11 is 0. The molecule has 0 aromatic heterocycles. The Balaban J connectivity index is 1.58. The first-order valence-corrected chi connectivity index (χ1v) is 9.66. The lowest BCUT2D eigenvalue weighted by atomic mass is 9.73. The van der Waals surface area contributed by atoms with Crippen LogP contribution >= 0.6 is 0 Å². The van der Waals surface area contributed by atoms with E-state index >= 15 is 0 Å². The van der Waals surface area contributed by atoms with Crippen LogP contribution in [0.2, 0.25) is 0 Å². The van der Waals surface area contributed by atoms with Gasteiger partial charge < -0.3 is 14.5 Å². The van der Waals surface area contributed by atoms with Crippen molar-refractivity contribution in [2.24, 2.45) is 11.3 Å². The van der Waals surface area contributed by atoms with E-state index in [0.717, 1.165) is 45.3 Å². The van der Waals surface area contributed by atoms with Crippen molar-refractivity contribution in [3.05, 3.63) is 0 Å². The Morgan fingerprint density at radius 3 is 2.75 bits per heavy atom. The van der Waals surface area contributed by atoms with Crippen molar-refractivity contribution in [3.63, 3.8) is 0 Å². The topological polar surface area (TPSA) is 49.9 Å². The fraction of sp³-hybridized carbons (Fsp3) is 0.895. The minimum absolute atomic E-state index is 0.116. The number of ether oxygens (including phenoxy) is 1. The molecule has 3 rings (SSSR count). The second kappa shape index (κ2) is 7.85. The van der Waals surface area contributed by atoms with E-state index in [1.54, 1.807) is 7.11 Å². The van der Waals surface area contributed by atoms with Gasteiger partial charge in [0, 0.05) is 51.5 Å². The summed E-state index contributed by atoms with van der Waals surface area (Å²) in [5, 5.41) is 0. The Morgan fingerprint density at radius 1 is 1.21 bits per heavy atom. The van der Waals surface area contributed by atoms with Gasteiger partial charge in [-0.05, 0) is 38.0 Å². The summed E-state index contributed by atoms with van der Waals surface area (Å²) in [6.45, 7) is 3.80. The summed E-state index contributed by atoms with van der Waals surface area (Å²) in [4.78, 5) is 28.9. The molecule has 2 amide bonds. The van der Waals surface area contributed by atoms with Crippen LogP contribution in [0.25, 0.3) is 0 Å². The van der Waals surface area contributed by atoms with Crippen LogP contribution < -0.4 is 0 Å². The molecule has 0 aromatic carbocycles. The van der Waals surface area contributed by atoms with Gasteiger partial charge >= 0.3 is 0 Å². The lowest BCUT2D eigenvalue weighted by molar-refractivity contribution is -0.144.